The average Bonchev–Trinajstić information content (AvgIpc) is 3.04. The van der Waals surface area contributed by atoms with Crippen molar-refractivity contribution in [2.45, 2.75) is 63.8 Å². The molecule has 0 unspecified atom stereocenters. The summed E-state index contributed by atoms with van der Waals surface area (Å²) in [6.45, 7) is 6.22. The SMILES string of the molecule is CC1(C)C[C@](C)(c2ccccc2)c2ccccc2N1C(=O)CN1C(=O)[C@@H]2CCCC[C@H]2C1=O. The summed E-state index contributed by atoms with van der Waals surface area (Å²) in [5, 5.41) is 0. The number of fused-ring (bicyclic) bond motifs is 2. The van der Waals surface area contributed by atoms with E-state index in [2.05, 4.69) is 51.1 Å². The van der Waals surface area contributed by atoms with Crippen molar-refractivity contribution < 1.29 is 14.4 Å². The predicted octanol–water partition coefficient (Wildman–Crippen LogP) is 4.68. The highest BCUT2D eigenvalue weighted by molar-refractivity contribution is 6.09. The van der Waals surface area contributed by atoms with E-state index >= 15 is 0 Å². The van der Waals surface area contributed by atoms with E-state index in [-0.39, 0.29) is 41.5 Å². The summed E-state index contributed by atoms with van der Waals surface area (Å²) in [7, 11) is 0. The Labute approximate surface area is 195 Å². The smallest absolute Gasteiger partial charge is 0.247 e. The molecule has 2 heterocycles. The summed E-state index contributed by atoms with van der Waals surface area (Å²) >= 11 is 0. The maximum atomic E-state index is 13.8. The Morgan fingerprint density at radius 1 is 0.879 bits per heavy atom. The van der Waals surface area contributed by atoms with Gasteiger partial charge in [0, 0.05) is 16.6 Å². The van der Waals surface area contributed by atoms with Gasteiger partial charge in [-0.1, -0.05) is 68.3 Å². The molecule has 172 valence electrons. The molecular weight excluding hydrogens is 412 g/mol. The van der Waals surface area contributed by atoms with Crippen molar-refractivity contribution in [3.8, 4) is 0 Å². The van der Waals surface area contributed by atoms with Gasteiger partial charge < -0.3 is 4.90 Å². The monoisotopic (exact) mass is 444 g/mol. The first kappa shape index (κ1) is 21.9. The van der Waals surface area contributed by atoms with Crippen LogP contribution < -0.4 is 4.90 Å². The molecule has 1 saturated heterocycles. The van der Waals surface area contributed by atoms with Gasteiger partial charge in [-0.05, 0) is 50.3 Å². The van der Waals surface area contributed by atoms with Crippen LogP contribution in [0.3, 0.4) is 0 Å². The molecule has 1 saturated carbocycles. The number of hydrogen-bond acceptors (Lipinski definition) is 3. The summed E-state index contributed by atoms with van der Waals surface area (Å²) < 4.78 is 0. The first-order chi connectivity index (χ1) is 15.7. The Hall–Kier alpha value is -2.95. The minimum absolute atomic E-state index is 0.157. The molecule has 5 rings (SSSR count). The molecule has 2 aliphatic heterocycles. The number of carbonyl (C=O) groups is 3. The Morgan fingerprint density at radius 3 is 2.09 bits per heavy atom. The molecule has 5 heteroatoms. The quantitative estimate of drug-likeness (QED) is 0.646. The van der Waals surface area contributed by atoms with Crippen LogP contribution in [0.1, 0.15) is 64.0 Å². The van der Waals surface area contributed by atoms with Crippen LogP contribution in [-0.2, 0) is 19.8 Å². The van der Waals surface area contributed by atoms with Crippen molar-refractivity contribution in [3.63, 3.8) is 0 Å². The Kier molecular flexibility index (Phi) is 5.19. The molecule has 1 aliphatic carbocycles. The van der Waals surface area contributed by atoms with Crippen LogP contribution in [-0.4, -0.2) is 34.7 Å². The van der Waals surface area contributed by atoms with Crippen LogP contribution in [0.25, 0.3) is 0 Å². The van der Waals surface area contributed by atoms with E-state index < -0.39 is 5.54 Å². The number of carbonyl (C=O) groups excluding carboxylic acids is 3. The third kappa shape index (κ3) is 3.40. The molecular formula is C28H32N2O3. The molecule has 2 fully saturated rings. The summed E-state index contributed by atoms with van der Waals surface area (Å²) in [6, 6.07) is 18.5. The summed E-state index contributed by atoms with van der Waals surface area (Å²) in [5.74, 6) is -0.974. The number of para-hydroxylation sites is 1. The molecule has 0 N–H and O–H groups in total. The van der Waals surface area contributed by atoms with Gasteiger partial charge in [0.1, 0.15) is 6.54 Å². The molecule has 3 amide bonds. The van der Waals surface area contributed by atoms with E-state index in [1.165, 1.54) is 10.5 Å². The largest absolute Gasteiger partial charge is 0.305 e. The zero-order chi connectivity index (χ0) is 23.4. The molecule has 3 aliphatic rings. The van der Waals surface area contributed by atoms with E-state index in [0.29, 0.717) is 0 Å². The van der Waals surface area contributed by atoms with Gasteiger partial charge in [-0.15, -0.1) is 0 Å². The fourth-order valence-electron chi connectivity index (χ4n) is 6.63. The third-order valence-corrected chi connectivity index (χ3v) is 8.02. The highest BCUT2D eigenvalue weighted by Gasteiger charge is 2.51. The maximum absolute atomic E-state index is 13.8. The number of hydrogen-bond donors (Lipinski definition) is 0. The molecule has 5 nitrogen and oxygen atoms in total. The van der Waals surface area contributed by atoms with E-state index in [9.17, 15) is 14.4 Å². The summed E-state index contributed by atoms with van der Waals surface area (Å²) in [6.07, 6.45) is 4.21. The van der Waals surface area contributed by atoms with E-state index in [4.69, 9.17) is 0 Å². The fraction of sp³-hybridized carbons (Fsp3) is 0.464. The molecule has 0 spiro atoms. The molecule has 0 radical (unpaired) electrons. The zero-order valence-electron chi connectivity index (χ0n) is 19.7. The lowest BCUT2D eigenvalue weighted by Gasteiger charge is -2.51. The number of nitrogens with zero attached hydrogens (tertiary/aromatic N) is 2. The van der Waals surface area contributed by atoms with E-state index in [1.54, 1.807) is 0 Å². The topological polar surface area (TPSA) is 57.7 Å². The van der Waals surface area contributed by atoms with Gasteiger partial charge in [0.25, 0.3) is 0 Å². The van der Waals surface area contributed by atoms with Gasteiger partial charge >= 0.3 is 0 Å². The zero-order valence-corrected chi connectivity index (χ0v) is 19.7. The van der Waals surface area contributed by atoms with Crippen LogP contribution in [0.5, 0.6) is 0 Å². The second kappa shape index (κ2) is 7.82. The number of imide groups is 1. The lowest BCUT2D eigenvalue weighted by atomic mass is 9.65. The van der Waals surface area contributed by atoms with Crippen molar-refractivity contribution in [2.75, 3.05) is 11.4 Å². The highest BCUT2D eigenvalue weighted by Crippen LogP contribution is 2.50. The van der Waals surface area contributed by atoms with Crippen LogP contribution in [0.2, 0.25) is 0 Å². The fourth-order valence-corrected chi connectivity index (χ4v) is 6.63. The second-order valence-corrected chi connectivity index (χ2v) is 10.7. The van der Waals surface area contributed by atoms with Gasteiger partial charge in [0.15, 0.2) is 0 Å². The van der Waals surface area contributed by atoms with Gasteiger partial charge in [-0.3, -0.25) is 19.3 Å². The van der Waals surface area contributed by atoms with Crippen molar-refractivity contribution in [1.82, 2.24) is 4.90 Å². The molecule has 0 bridgehead atoms. The van der Waals surface area contributed by atoms with Crippen molar-refractivity contribution in [3.05, 3.63) is 65.7 Å². The van der Waals surface area contributed by atoms with Crippen molar-refractivity contribution >= 4 is 23.4 Å². The average molecular weight is 445 g/mol. The van der Waals surface area contributed by atoms with Crippen molar-refractivity contribution in [2.24, 2.45) is 11.8 Å². The van der Waals surface area contributed by atoms with E-state index in [0.717, 1.165) is 43.4 Å². The standard InChI is InChI=1S/C28H32N2O3/c1-27(2)18-28(3,19-11-5-4-6-12-19)22-15-9-10-16-23(22)30(27)24(31)17-29-25(32)20-13-7-8-14-21(20)26(29)33/h4-6,9-12,15-16,20-21H,7-8,13-14,17-18H2,1-3H3/t20-,21-,28-/m1/s1. The molecule has 0 aromatic heterocycles. The van der Waals surface area contributed by atoms with Gasteiger partial charge in [-0.2, -0.15) is 0 Å². The first-order valence-corrected chi connectivity index (χ1v) is 12.1. The molecule has 2 aromatic carbocycles. The Morgan fingerprint density at radius 2 is 1.45 bits per heavy atom. The summed E-state index contributed by atoms with van der Waals surface area (Å²) in [4.78, 5) is 42.8. The van der Waals surface area contributed by atoms with Crippen LogP contribution in [0.15, 0.2) is 54.6 Å². The van der Waals surface area contributed by atoms with Gasteiger partial charge in [0.2, 0.25) is 17.7 Å². The maximum Gasteiger partial charge on any atom is 0.247 e. The Balaban J connectivity index is 1.50. The number of benzene rings is 2. The number of likely N-dealkylation sites (tertiary alicyclic amines) is 1. The van der Waals surface area contributed by atoms with Crippen LogP contribution in [0.4, 0.5) is 5.69 Å². The van der Waals surface area contributed by atoms with Crippen LogP contribution >= 0.6 is 0 Å². The minimum atomic E-state index is -0.491. The first-order valence-electron chi connectivity index (χ1n) is 12.1. The van der Waals surface area contributed by atoms with E-state index in [1.807, 2.05) is 29.2 Å². The predicted molar refractivity (Wildman–Crippen MR) is 128 cm³/mol. The second-order valence-electron chi connectivity index (χ2n) is 10.7. The van der Waals surface area contributed by atoms with Gasteiger partial charge in [0.05, 0.1) is 11.8 Å². The lowest BCUT2D eigenvalue weighted by Crippen LogP contribution is -2.58. The molecule has 2 aromatic rings. The Bertz CT molecular complexity index is 1090. The summed E-state index contributed by atoms with van der Waals surface area (Å²) in [5.41, 5.74) is 2.42. The number of amides is 3. The third-order valence-electron chi connectivity index (χ3n) is 8.02. The number of anilines is 1. The van der Waals surface area contributed by atoms with Gasteiger partial charge in [-0.25, -0.2) is 0 Å². The lowest BCUT2D eigenvalue weighted by molar-refractivity contribution is -0.143. The molecule has 3 atom stereocenters. The normalized spacial score (nSPS) is 28.5. The highest BCUT2D eigenvalue weighted by atomic mass is 16.2. The minimum Gasteiger partial charge on any atom is -0.305 e. The van der Waals surface area contributed by atoms with Crippen molar-refractivity contribution in [1.29, 1.82) is 0 Å². The van der Waals surface area contributed by atoms with Crippen LogP contribution in [0, 0.1) is 11.8 Å². The molecule has 33 heavy (non-hydrogen) atoms. The number of rotatable bonds is 3.